The second-order valence-corrected chi connectivity index (χ2v) is 1.93. The lowest BCUT2D eigenvalue weighted by molar-refractivity contribution is 0.0685. The normalized spacial score (nSPS) is 10.1. The molecule has 6 heteroatoms. The molecule has 1 heterocycles. The number of nitrogens with zero attached hydrogens (tertiary/aromatic N) is 2. The molecule has 0 aliphatic carbocycles. The van der Waals surface area contributed by atoms with Crippen LogP contribution in [0.15, 0.2) is 10.8 Å². The fraction of sp³-hybridized carbons (Fsp3) is 0.667. The quantitative estimate of drug-likeness (QED) is 0.583. The Morgan fingerprint density at radius 2 is 2.33 bits per heavy atom. The number of rotatable bonds is 6. The van der Waals surface area contributed by atoms with Gasteiger partial charge in [-0.1, -0.05) is 5.16 Å². The molecule has 0 radical (unpaired) electrons. The molecule has 68 valence electrons. The number of aliphatic hydroxyl groups is 1. The van der Waals surface area contributed by atoms with Crippen LogP contribution in [0.5, 0.6) is 5.88 Å². The first kappa shape index (κ1) is 8.95. The van der Waals surface area contributed by atoms with E-state index in [1.807, 2.05) is 0 Å². The molecular formula is C6H10N2O4. The van der Waals surface area contributed by atoms with Crippen molar-refractivity contribution in [2.75, 3.05) is 26.4 Å². The summed E-state index contributed by atoms with van der Waals surface area (Å²) in [6, 6.07) is 0. The molecule has 6 nitrogen and oxygen atoms in total. The van der Waals surface area contributed by atoms with Crippen LogP contribution in [0, 0.1) is 0 Å². The first-order valence-corrected chi connectivity index (χ1v) is 3.52. The molecular weight excluding hydrogens is 164 g/mol. The van der Waals surface area contributed by atoms with Crippen LogP contribution in [0.2, 0.25) is 0 Å². The summed E-state index contributed by atoms with van der Waals surface area (Å²) < 4.78 is 14.2. The zero-order valence-electron chi connectivity index (χ0n) is 6.47. The third-order valence-corrected chi connectivity index (χ3v) is 1.05. The van der Waals surface area contributed by atoms with E-state index in [4.69, 9.17) is 14.6 Å². The summed E-state index contributed by atoms with van der Waals surface area (Å²) in [4.78, 5) is 0. The molecule has 0 spiro atoms. The van der Waals surface area contributed by atoms with Gasteiger partial charge < -0.3 is 14.6 Å². The average Bonchev–Trinajstić information content (AvgIpc) is 2.57. The smallest absolute Gasteiger partial charge is 0.275 e. The van der Waals surface area contributed by atoms with Gasteiger partial charge in [0.1, 0.15) is 12.8 Å². The van der Waals surface area contributed by atoms with Gasteiger partial charge in [-0.15, -0.1) is 0 Å². The molecule has 1 rings (SSSR count). The predicted octanol–water partition coefficient (Wildman–Crippen LogP) is -0.543. The Labute approximate surface area is 69.0 Å². The number of aliphatic hydroxyl groups excluding tert-OH is 1. The second kappa shape index (κ2) is 5.50. The highest BCUT2D eigenvalue weighted by Gasteiger charge is 1.96. The number of hydrogen-bond donors (Lipinski definition) is 1. The second-order valence-electron chi connectivity index (χ2n) is 1.93. The molecule has 0 aliphatic rings. The van der Waals surface area contributed by atoms with Crippen LogP contribution in [0.25, 0.3) is 0 Å². The molecule has 0 saturated heterocycles. The third kappa shape index (κ3) is 3.31. The van der Waals surface area contributed by atoms with Crippen molar-refractivity contribution >= 4 is 0 Å². The van der Waals surface area contributed by atoms with Gasteiger partial charge in [0.15, 0.2) is 0 Å². The van der Waals surface area contributed by atoms with Gasteiger partial charge in [-0.3, -0.25) is 0 Å². The van der Waals surface area contributed by atoms with E-state index in [-0.39, 0.29) is 6.61 Å². The standard InChI is InChI=1S/C6H10N2O4/c9-1-2-10-3-4-11-6-5-7-12-8-6/h5,9H,1-4H2. The van der Waals surface area contributed by atoms with Crippen molar-refractivity contribution < 1.29 is 19.2 Å². The SMILES string of the molecule is OCCOCCOc1cnon1. The lowest BCUT2D eigenvalue weighted by Gasteiger charge is -2.01. The highest BCUT2D eigenvalue weighted by atomic mass is 16.6. The van der Waals surface area contributed by atoms with Crippen molar-refractivity contribution in [3.63, 3.8) is 0 Å². The van der Waals surface area contributed by atoms with E-state index < -0.39 is 0 Å². The minimum Gasteiger partial charge on any atom is -0.472 e. The maximum Gasteiger partial charge on any atom is 0.275 e. The van der Waals surface area contributed by atoms with Gasteiger partial charge in [0.25, 0.3) is 5.88 Å². The summed E-state index contributed by atoms with van der Waals surface area (Å²) in [6.45, 7) is 1.12. The number of hydrogen-bond acceptors (Lipinski definition) is 6. The molecule has 1 aromatic rings. The maximum absolute atomic E-state index is 8.35. The summed E-state index contributed by atoms with van der Waals surface area (Å²) in [5.74, 6) is 0.336. The lowest BCUT2D eigenvalue weighted by Crippen LogP contribution is -2.09. The maximum atomic E-state index is 8.35. The van der Waals surface area contributed by atoms with Crippen LogP contribution >= 0.6 is 0 Å². The number of aromatic nitrogens is 2. The summed E-state index contributed by atoms with van der Waals surface area (Å²) >= 11 is 0. The first-order chi connectivity index (χ1) is 5.93. The Morgan fingerprint density at radius 3 is 3.00 bits per heavy atom. The van der Waals surface area contributed by atoms with Gasteiger partial charge in [0.2, 0.25) is 0 Å². The predicted molar refractivity (Wildman–Crippen MR) is 37.7 cm³/mol. The number of ether oxygens (including phenoxy) is 2. The molecule has 0 unspecified atom stereocenters. The molecule has 1 aromatic heterocycles. The molecule has 0 aromatic carbocycles. The molecule has 0 aliphatic heterocycles. The van der Waals surface area contributed by atoms with Crippen molar-refractivity contribution in [1.29, 1.82) is 0 Å². The summed E-state index contributed by atoms with van der Waals surface area (Å²) in [5, 5.41) is 15.1. The Kier molecular flexibility index (Phi) is 4.11. The van der Waals surface area contributed by atoms with Crippen molar-refractivity contribution in [3.05, 3.63) is 6.20 Å². The van der Waals surface area contributed by atoms with Crippen LogP contribution in [0.4, 0.5) is 0 Å². The monoisotopic (exact) mass is 174 g/mol. The zero-order chi connectivity index (χ0) is 8.65. The van der Waals surface area contributed by atoms with E-state index in [0.29, 0.717) is 25.7 Å². The average molecular weight is 174 g/mol. The van der Waals surface area contributed by atoms with Gasteiger partial charge in [-0.05, 0) is 5.16 Å². The van der Waals surface area contributed by atoms with E-state index in [0.717, 1.165) is 0 Å². The van der Waals surface area contributed by atoms with E-state index in [2.05, 4.69) is 14.9 Å². The summed E-state index contributed by atoms with van der Waals surface area (Å²) in [6.07, 6.45) is 1.37. The van der Waals surface area contributed by atoms with Crippen LogP contribution in [0.3, 0.4) is 0 Å². The lowest BCUT2D eigenvalue weighted by atomic mass is 10.7. The fourth-order valence-corrected chi connectivity index (χ4v) is 0.591. The van der Waals surface area contributed by atoms with Crippen molar-refractivity contribution in [2.45, 2.75) is 0 Å². The van der Waals surface area contributed by atoms with E-state index in [1.165, 1.54) is 6.20 Å². The molecule has 12 heavy (non-hydrogen) atoms. The van der Waals surface area contributed by atoms with Crippen molar-refractivity contribution in [3.8, 4) is 5.88 Å². The minimum atomic E-state index is 0.0194. The molecule has 1 N–H and O–H groups in total. The van der Waals surface area contributed by atoms with Crippen molar-refractivity contribution in [1.82, 2.24) is 10.3 Å². The highest BCUT2D eigenvalue weighted by Crippen LogP contribution is 2.00. The Balaban J connectivity index is 1.96. The Morgan fingerprint density at radius 1 is 1.42 bits per heavy atom. The molecule has 0 fully saturated rings. The minimum absolute atomic E-state index is 0.0194. The van der Waals surface area contributed by atoms with Crippen LogP contribution in [-0.2, 0) is 4.74 Å². The van der Waals surface area contributed by atoms with E-state index in [9.17, 15) is 0 Å². The summed E-state index contributed by atoms with van der Waals surface area (Å²) in [5.41, 5.74) is 0. The van der Waals surface area contributed by atoms with Gasteiger partial charge in [0, 0.05) is 0 Å². The van der Waals surface area contributed by atoms with Crippen LogP contribution in [-0.4, -0.2) is 41.8 Å². The van der Waals surface area contributed by atoms with Gasteiger partial charge in [-0.25, -0.2) is 4.63 Å². The topological polar surface area (TPSA) is 77.6 Å². The molecule has 0 atom stereocenters. The van der Waals surface area contributed by atoms with Crippen LogP contribution in [0.1, 0.15) is 0 Å². The largest absolute Gasteiger partial charge is 0.472 e. The van der Waals surface area contributed by atoms with Gasteiger partial charge in [0.05, 0.1) is 19.8 Å². The summed E-state index contributed by atoms with van der Waals surface area (Å²) in [7, 11) is 0. The van der Waals surface area contributed by atoms with E-state index >= 15 is 0 Å². The highest BCUT2D eigenvalue weighted by molar-refractivity contribution is 4.95. The fourth-order valence-electron chi connectivity index (χ4n) is 0.591. The first-order valence-electron chi connectivity index (χ1n) is 3.52. The van der Waals surface area contributed by atoms with Gasteiger partial charge >= 0.3 is 0 Å². The molecule has 0 bridgehead atoms. The zero-order valence-corrected chi connectivity index (χ0v) is 6.47. The Bertz CT molecular complexity index is 189. The van der Waals surface area contributed by atoms with Crippen molar-refractivity contribution in [2.24, 2.45) is 0 Å². The molecule has 0 amide bonds. The van der Waals surface area contributed by atoms with E-state index in [1.54, 1.807) is 0 Å². The third-order valence-electron chi connectivity index (χ3n) is 1.05. The van der Waals surface area contributed by atoms with Gasteiger partial charge in [-0.2, -0.15) is 0 Å². The Hall–Kier alpha value is -1.14. The molecule has 0 saturated carbocycles. The van der Waals surface area contributed by atoms with Crippen LogP contribution < -0.4 is 4.74 Å².